The predicted octanol–water partition coefficient (Wildman–Crippen LogP) is 4.19. The highest BCUT2D eigenvalue weighted by atomic mass is 35.5. The van der Waals surface area contributed by atoms with Gasteiger partial charge in [-0.3, -0.25) is 0 Å². The molecule has 0 amide bonds. The van der Waals surface area contributed by atoms with Gasteiger partial charge in [-0.2, -0.15) is 5.26 Å². The van der Waals surface area contributed by atoms with Gasteiger partial charge < -0.3 is 10.3 Å². The van der Waals surface area contributed by atoms with Crippen molar-refractivity contribution in [3.8, 4) is 17.3 Å². The zero-order valence-electron chi connectivity index (χ0n) is 11.1. The van der Waals surface area contributed by atoms with E-state index in [9.17, 15) is 0 Å². The van der Waals surface area contributed by atoms with Crippen LogP contribution in [0.1, 0.15) is 5.69 Å². The minimum absolute atomic E-state index is 0.0750. The number of nitrogens with zero attached hydrogens (tertiary/aromatic N) is 2. The van der Waals surface area contributed by atoms with Gasteiger partial charge in [-0.1, -0.05) is 35.4 Å². The van der Waals surface area contributed by atoms with Crippen molar-refractivity contribution in [3.63, 3.8) is 0 Å². The standard InChI is InChI=1S/C15H11Cl2N3S/c1-20-13(6-10(8-18)15(19)21)2-3-14(20)9-4-11(16)7-12(17)5-9/h2-7H,1H3,(H2,19,21)/b10-6+. The number of rotatable bonds is 3. The molecule has 0 radical (unpaired) electrons. The van der Waals surface area contributed by atoms with E-state index < -0.39 is 0 Å². The maximum absolute atomic E-state index is 9.02. The van der Waals surface area contributed by atoms with Gasteiger partial charge in [0.05, 0.1) is 5.57 Å². The van der Waals surface area contributed by atoms with Crippen LogP contribution in [-0.4, -0.2) is 9.56 Å². The maximum Gasteiger partial charge on any atom is 0.114 e. The lowest BCUT2D eigenvalue weighted by atomic mass is 10.1. The summed E-state index contributed by atoms with van der Waals surface area (Å²) in [5.74, 6) is 0. The lowest BCUT2D eigenvalue weighted by molar-refractivity contribution is 0.924. The summed E-state index contributed by atoms with van der Waals surface area (Å²) in [5.41, 5.74) is 8.39. The summed E-state index contributed by atoms with van der Waals surface area (Å²) in [6, 6.07) is 11.1. The highest BCUT2D eigenvalue weighted by molar-refractivity contribution is 7.80. The Hall–Kier alpha value is -1.80. The predicted molar refractivity (Wildman–Crippen MR) is 91.2 cm³/mol. The largest absolute Gasteiger partial charge is 0.389 e. The van der Waals surface area contributed by atoms with E-state index in [0.29, 0.717) is 10.0 Å². The Bertz CT molecular complexity index is 764. The number of aromatic nitrogens is 1. The third-order valence-corrected chi connectivity index (χ3v) is 3.65. The quantitative estimate of drug-likeness (QED) is 0.519. The first-order valence-corrected chi connectivity index (χ1v) is 7.12. The molecule has 0 aliphatic rings. The van der Waals surface area contributed by atoms with Crippen molar-refractivity contribution in [1.29, 1.82) is 5.26 Å². The summed E-state index contributed by atoms with van der Waals surface area (Å²) in [4.78, 5) is 0.0750. The lowest BCUT2D eigenvalue weighted by Crippen LogP contribution is -2.10. The fourth-order valence-electron chi connectivity index (χ4n) is 1.97. The molecule has 106 valence electrons. The molecule has 0 fully saturated rings. The third kappa shape index (κ3) is 3.45. The average Bonchev–Trinajstić information content (AvgIpc) is 2.75. The monoisotopic (exact) mass is 335 g/mol. The number of halogens is 2. The van der Waals surface area contributed by atoms with Gasteiger partial charge in [0.15, 0.2) is 0 Å². The molecule has 0 aliphatic carbocycles. The average molecular weight is 336 g/mol. The second-order valence-electron chi connectivity index (χ2n) is 4.39. The molecular weight excluding hydrogens is 325 g/mol. The fraction of sp³-hybridized carbons (Fsp3) is 0.0667. The van der Waals surface area contributed by atoms with E-state index in [-0.39, 0.29) is 10.6 Å². The van der Waals surface area contributed by atoms with Crippen LogP contribution in [0.2, 0.25) is 10.0 Å². The molecule has 0 unspecified atom stereocenters. The van der Waals surface area contributed by atoms with Gasteiger partial charge in [-0.15, -0.1) is 0 Å². The number of nitrogens with two attached hydrogens (primary N) is 1. The normalized spacial score (nSPS) is 11.2. The van der Waals surface area contributed by atoms with E-state index >= 15 is 0 Å². The molecule has 6 heteroatoms. The van der Waals surface area contributed by atoms with Crippen LogP contribution in [0.25, 0.3) is 17.3 Å². The van der Waals surface area contributed by atoms with Crippen LogP contribution >= 0.6 is 35.4 Å². The Morgan fingerprint density at radius 3 is 2.43 bits per heavy atom. The van der Waals surface area contributed by atoms with Crippen LogP contribution in [0, 0.1) is 11.3 Å². The summed E-state index contributed by atoms with van der Waals surface area (Å²) in [6.07, 6.45) is 1.65. The molecule has 3 nitrogen and oxygen atoms in total. The lowest BCUT2D eigenvalue weighted by Gasteiger charge is -2.07. The van der Waals surface area contributed by atoms with Gasteiger partial charge >= 0.3 is 0 Å². The molecule has 0 bridgehead atoms. The SMILES string of the molecule is Cn1c(/C=C(\C#N)C(N)=S)ccc1-c1cc(Cl)cc(Cl)c1. The highest BCUT2D eigenvalue weighted by Crippen LogP contribution is 2.28. The van der Waals surface area contributed by atoms with Crippen molar-refractivity contribution in [1.82, 2.24) is 4.57 Å². The van der Waals surface area contributed by atoms with E-state index in [2.05, 4.69) is 0 Å². The minimum atomic E-state index is 0.0750. The molecule has 21 heavy (non-hydrogen) atoms. The number of benzene rings is 1. The Morgan fingerprint density at radius 1 is 1.29 bits per heavy atom. The smallest absolute Gasteiger partial charge is 0.114 e. The molecule has 0 saturated carbocycles. The van der Waals surface area contributed by atoms with E-state index in [1.807, 2.05) is 41.9 Å². The molecule has 1 heterocycles. The van der Waals surface area contributed by atoms with Gasteiger partial charge in [-0.05, 0) is 36.4 Å². The molecule has 0 saturated heterocycles. The van der Waals surface area contributed by atoms with Crippen LogP contribution in [-0.2, 0) is 7.05 Å². The molecule has 0 spiro atoms. The van der Waals surface area contributed by atoms with Crippen LogP contribution in [0.4, 0.5) is 0 Å². The first kappa shape index (κ1) is 15.6. The molecular formula is C15H11Cl2N3S. The van der Waals surface area contributed by atoms with Crippen molar-refractivity contribution >= 4 is 46.5 Å². The molecule has 1 aromatic heterocycles. The molecule has 1 aromatic carbocycles. The highest BCUT2D eigenvalue weighted by Gasteiger charge is 2.09. The van der Waals surface area contributed by atoms with E-state index in [4.69, 9.17) is 46.4 Å². The first-order valence-electron chi connectivity index (χ1n) is 5.96. The second-order valence-corrected chi connectivity index (χ2v) is 5.71. The summed E-state index contributed by atoms with van der Waals surface area (Å²) < 4.78 is 1.91. The summed E-state index contributed by atoms with van der Waals surface area (Å²) in [6.45, 7) is 0. The van der Waals surface area contributed by atoms with Crippen LogP contribution < -0.4 is 5.73 Å². The molecule has 2 N–H and O–H groups in total. The number of thiocarbonyl (C=S) groups is 1. The van der Waals surface area contributed by atoms with Crippen LogP contribution in [0.3, 0.4) is 0 Å². The molecule has 0 atom stereocenters. The van der Waals surface area contributed by atoms with Gasteiger partial charge in [-0.25, -0.2) is 0 Å². The number of nitriles is 1. The van der Waals surface area contributed by atoms with Gasteiger partial charge in [0.25, 0.3) is 0 Å². The fourth-order valence-corrected chi connectivity index (χ4v) is 2.60. The molecule has 0 aliphatic heterocycles. The number of hydrogen-bond donors (Lipinski definition) is 1. The Kier molecular flexibility index (Phi) is 4.69. The van der Waals surface area contributed by atoms with Crippen molar-refractivity contribution in [2.24, 2.45) is 12.8 Å². The van der Waals surface area contributed by atoms with Gasteiger partial charge in [0.1, 0.15) is 11.1 Å². The van der Waals surface area contributed by atoms with Crippen molar-refractivity contribution in [3.05, 3.63) is 51.6 Å². The minimum Gasteiger partial charge on any atom is -0.389 e. The summed E-state index contributed by atoms with van der Waals surface area (Å²) in [7, 11) is 1.88. The van der Waals surface area contributed by atoms with E-state index in [1.54, 1.807) is 12.1 Å². The van der Waals surface area contributed by atoms with Crippen LogP contribution in [0.5, 0.6) is 0 Å². The Balaban J connectivity index is 2.51. The molecule has 2 aromatic rings. The third-order valence-electron chi connectivity index (χ3n) is 3.00. The first-order chi connectivity index (χ1) is 9.92. The van der Waals surface area contributed by atoms with E-state index in [1.165, 1.54) is 0 Å². The van der Waals surface area contributed by atoms with Crippen LogP contribution in [0.15, 0.2) is 35.9 Å². The second kappa shape index (κ2) is 6.31. The zero-order chi connectivity index (χ0) is 15.6. The topological polar surface area (TPSA) is 54.7 Å². The summed E-state index contributed by atoms with van der Waals surface area (Å²) >= 11 is 16.9. The summed E-state index contributed by atoms with van der Waals surface area (Å²) in [5, 5.41) is 10.1. The van der Waals surface area contributed by atoms with Gasteiger partial charge in [0, 0.05) is 34.0 Å². The van der Waals surface area contributed by atoms with E-state index in [0.717, 1.165) is 17.0 Å². The zero-order valence-corrected chi connectivity index (χ0v) is 13.4. The molecule has 2 rings (SSSR count). The van der Waals surface area contributed by atoms with Crippen molar-refractivity contribution in [2.75, 3.05) is 0 Å². The van der Waals surface area contributed by atoms with Crippen molar-refractivity contribution in [2.45, 2.75) is 0 Å². The Morgan fingerprint density at radius 2 is 1.90 bits per heavy atom. The van der Waals surface area contributed by atoms with Gasteiger partial charge in [0.2, 0.25) is 0 Å². The Labute approximate surface area is 138 Å². The maximum atomic E-state index is 9.02. The number of hydrogen-bond acceptors (Lipinski definition) is 2. The van der Waals surface area contributed by atoms with Crippen molar-refractivity contribution < 1.29 is 0 Å².